The van der Waals surface area contributed by atoms with Crippen LogP contribution in [0.4, 0.5) is 0 Å². The van der Waals surface area contributed by atoms with Crippen LogP contribution in [0.2, 0.25) is 0 Å². The number of aliphatic hydroxyl groups excluding tert-OH is 1. The van der Waals surface area contributed by atoms with Crippen LogP contribution in [-0.4, -0.2) is 58.6 Å². The number of hydrogen-bond acceptors (Lipinski definition) is 4. The predicted octanol–water partition coefficient (Wildman–Crippen LogP) is 2.88. The van der Waals surface area contributed by atoms with Crippen molar-refractivity contribution in [3.63, 3.8) is 0 Å². The number of β-amino-alcohol motifs (C(OH)–C–C–N with tert-alkyl or cyclic N) is 1. The Balaban J connectivity index is 2.05. The van der Waals surface area contributed by atoms with E-state index in [-0.39, 0.29) is 23.0 Å². The van der Waals surface area contributed by atoms with Gasteiger partial charge in [0.15, 0.2) is 0 Å². The Morgan fingerprint density at radius 1 is 1.04 bits per heavy atom. The van der Waals surface area contributed by atoms with E-state index in [0.29, 0.717) is 6.04 Å². The number of aliphatic imine (C=N–C) groups is 1. The zero-order valence-corrected chi connectivity index (χ0v) is 15.8. The lowest BCUT2D eigenvalue weighted by molar-refractivity contribution is -0.0156. The second-order valence-corrected chi connectivity index (χ2v) is 9.49. The lowest BCUT2D eigenvalue weighted by Crippen LogP contribution is -2.56. The molecule has 3 aliphatic rings. The number of hydrogen-bond donors (Lipinski definition) is 1. The van der Waals surface area contributed by atoms with Gasteiger partial charge in [0, 0.05) is 30.7 Å². The highest BCUT2D eigenvalue weighted by atomic mass is 16.3. The normalized spacial score (nSPS) is 30.4. The van der Waals surface area contributed by atoms with Gasteiger partial charge in [-0.25, -0.2) is 0 Å². The molecule has 0 saturated carbocycles. The molecule has 0 aliphatic carbocycles. The number of likely N-dealkylation sites (tertiary alicyclic amines) is 1. The van der Waals surface area contributed by atoms with Crippen molar-refractivity contribution in [3.05, 3.63) is 11.3 Å². The highest BCUT2D eigenvalue weighted by Crippen LogP contribution is 2.44. The van der Waals surface area contributed by atoms with Gasteiger partial charge >= 0.3 is 0 Å². The topological polar surface area (TPSA) is 39.1 Å². The molecule has 4 nitrogen and oxygen atoms in total. The van der Waals surface area contributed by atoms with E-state index in [1.165, 1.54) is 17.1 Å². The molecule has 0 aromatic carbocycles. The summed E-state index contributed by atoms with van der Waals surface area (Å²) in [5, 5.41) is 9.74. The summed E-state index contributed by atoms with van der Waals surface area (Å²) in [6, 6.07) is 0.685. The van der Waals surface area contributed by atoms with Crippen LogP contribution >= 0.6 is 0 Å². The van der Waals surface area contributed by atoms with Gasteiger partial charge in [-0.15, -0.1) is 0 Å². The number of rotatable bonds is 1. The second-order valence-electron chi connectivity index (χ2n) is 9.49. The molecule has 0 radical (unpaired) electrons. The maximum Gasteiger partial charge on any atom is 0.109 e. The van der Waals surface area contributed by atoms with E-state index in [4.69, 9.17) is 4.99 Å². The van der Waals surface area contributed by atoms with Crippen LogP contribution in [0.25, 0.3) is 0 Å². The first-order valence-electron chi connectivity index (χ1n) is 9.02. The third-order valence-electron chi connectivity index (χ3n) is 5.31. The van der Waals surface area contributed by atoms with Crippen molar-refractivity contribution in [1.29, 1.82) is 0 Å². The van der Waals surface area contributed by atoms with Gasteiger partial charge in [-0.2, -0.15) is 0 Å². The first-order valence-corrected chi connectivity index (χ1v) is 9.02. The Bertz CT molecular complexity index is 544. The van der Waals surface area contributed by atoms with Crippen molar-refractivity contribution in [3.8, 4) is 0 Å². The average molecular weight is 319 g/mol. The first-order chi connectivity index (χ1) is 10.5. The summed E-state index contributed by atoms with van der Waals surface area (Å²) in [4.78, 5) is 10.1. The van der Waals surface area contributed by atoms with Gasteiger partial charge in [0.25, 0.3) is 0 Å². The van der Waals surface area contributed by atoms with E-state index in [9.17, 15) is 5.11 Å². The molecule has 130 valence electrons. The fourth-order valence-electron chi connectivity index (χ4n) is 4.47. The third kappa shape index (κ3) is 2.85. The van der Waals surface area contributed by atoms with Gasteiger partial charge in [0.1, 0.15) is 5.84 Å². The van der Waals surface area contributed by atoms with Crippen LogP contribution in [0.15, 0.2) is 16.3 Å². The standard InChI is InChI=1S/C19H33N3O/c1-12-15(18(2,3)4)16-14(21-10-13(23)11-21)8-9-22(16)17(20-12)19(5,6)7/h12-14,23H,8-11H2,1-7H3/t12-,14?/m0/s1. The first kappa shape index (κ1) is 17.0. The predicted molar refractivity (Wildman–Crippen MR) is 95.5 cm³/mol. The summed E-state index contributed by atoms with van der Waals surface area (Å²) in [6.45, 7) is 18.6. The molecule has 0 spiro atoms. The fraction of sp³-hybridized carbons (Fsp3) is 0.842. The Morgan fingerprint density at radius 2 is 1.65 bits per heavy atom. The zero-order valence-electron chi connectivity index (χ0n) is 15.8. The Morgan fingerprint density at radius 3 is 2.13 bits per heavy atom. The van der Waals surface area contributed by atoms with Gasteiger partial charge < -0.3 is 10.0 Å². The fourth-order valence-corrected chi connectivity index (χ4v) is 4.47. The van der Waals surface area contributed by atoms with Crippen LogP contribution in [0.5, 0.6) is 0 Å². The largest absolute Gasteiger partial charge is 0.390 e. The van der Waals surface area contributed by atoms with Gasteiger partial charge in [-0.3, -0.25) is 9.89 Å². The van der Waals surface area contributed by atoms with Crippen LogP contribution in [-0.2, 0) is 0 Å². The summed E-state index contributed by atoms with van der Waals surface area (Å²) in [7, 11) is 0. The van der Waals surface area contributed by atoms with Crippen molar-refractivity contribution in [2.75, 3.05) is 19.6 Å². The van der Waals surface area contributed by atoms with Gasteiger partial charge in [0.2, 0.25) is 0 Å². The molecule has 3 aliphatic heterocycles. The lowest BCUT2D eigenvalue weighted by Gasteiger charge is -2.46. The molecule has 0 aromatic heterocycles. The second kappa shape index (κ2) is 5.32. The van der Waals surface area contributed by atoms with E-state index < -0.39 is 0 Å². The molecule has 1 unspecified atom stereocenters. The van der Waals surface area contributed by atoms with Crippen molar-refractivity contribution in [1.82, 2.24) is 9.80 Å². The van der Waals surface area contributed by atoms with E-state index in [0.717, 1.165) is 26.1 Å². The Hall–Kier alpha value is -0.870. The maximum atomic E-state index is 9.74. The summed E-state index contributed by atoms with van der Waals surface area (Å²) in [6.07, 6.45) is 1.00. The van der Waals surface area contributed by atoms with Crippen LogP contribution in [0.3, 0.4) is 0 Å². The number of fused-ring (bicyclic) bond motifs is 1. The van der Waals surface area contributed by atoms with E-state index in [2.05, 4.69) is 58.3 Å². The van der Waals surface area contributed by atoms with Crippen LogP contribution in [0.1, 0.15) is 54.9 Å². The highest BCUT2D eigenvalue weighted by Gasteiger charge is 2.47. The molecule has 2 fully saturated rings. The molecule has 1 N–H and O–H groups in total. The summed E-state index contributed by atoms with van der Waals surface area (Å²) >= 11 is 0. The minimum atomic E-state index is -0.139. The van der Waals surface area contributed by atoms with E-state index in [1.807, 2.05) is 0 Å². The van der Waals surface area contributed by atoms with Crippen molar-refractivity contribution in [2.45, 2.75) is 73.1 Å². The molecule has 3 heterocycles. The molecular weight excluding hydrogens is 286 g/mol. The van der Waals surface area contributed by atoms with Gasteiger partial charge in [-0.05, 0) is 24.3 Å². The molecule has 23 heavy (non-hydrogen) atoms. The third-order valence-corrected chi connectivity index (χ3v) is 5.31. The summed E-state index contributed by atoms with van der Waals surface area (Å²) in [5.74, 6) is 1.23. The molecule has 0 bridgehead atoms. The van der Waals surface area contributed by atoms with Crippen LogP contribution in [0, 0.1) is 10.8 Å². The summed E-state index contributed by atoms with van der Waals surface area (Å²) < 4.78 is 0. The van der Waals surface area contributed by atoms with Crippen LogP contribution < -0.4 is 0 Å². The Kier molecular flexibility index (Phi) is 3.92. The molecule has 3 rings (SSSR count). The van der Waals surface area contributed by atoms with E-state index in [1.54, 1.807) is 0 Å². The molecule has 0 amide bonds. The quantitative estimate of drug-likeness (QED) is 0.808. The minimum Gasteiger partial charge on any atom is -0.390 e. The maximum absolute atomic E-state index is 9.74. The molecular formula is C19H33N3O. The Labute approximate surface area is 141 Å². The van der Waals surface area contributed by atoms with Gasteiger partial charge in [-0.1, -0.05) is 41.5 Å². The smallest absolute Gasteiger partial charge is 0.109 e. The van der Waals surface area contributed by atoms with Crippen molar-refractivity contribution < 1.29 is 5.11 Å². The molecule has 4 heteroatoms. The zero-order chi connectivity index (χ0) is 17.2. The highest BCUT2D eigenvalue weighted by molar-refractivity contribution is 5.90. The molecule has 2 atom stereocenters. The SMILES string of the molecule is C[C@@H]1N=C(C(C)(C)C)N2CCC(N3CC(O)C3)C2=C1C(C)(C)C. The monoisotopic (exact) mass is 319 g/mol. The van der Waals surface area contributed by atoms with Crippen molar-refractivity contribution in [2.24, 2.45) is 15.8 Å². The van der Waals surface area contributed by atoms with Gasteiger partial charge in [0.05, 0.1) is 18.2 Å². The number of nitrogens with zero attached hydrogens (tertiary/aromatic N) is 3. The van der Waals surface area contributed by atoms with Crippen molar-refractivity contribution >= 4 is 5.84 Å². The molecule has 2 saturated heterocycles. The summed E-state index contributed by atoms with van der Waals surface area (Å²) in [5.41, 5.74) is 3.14. The van der Waals surface area contributed by atoms with E-state index >= 15 is 0 Å². The average Bonchev–Trinajstić information content (AvgIpc) is 2.74. The molecule has 0 aromatic rings. The number of amidine groups is 1. The minimum absolute atomic E-state index is 0.0618. The number of aliphatic hydroxyl groups is 1. The lowest BCUT2D eigenvalue weighted by atomic mass is 9.78.